The van der Waals surface area contributed by atoms with Crippen LogP contribution in [-0.4, -0.2) is 54.6 Å². The van der Waals surface area contributed by atoms with Crippen LogP contribution in [0.1, 0.15) is 11.8 Å². The molecular weight excluding hydrogens is 307 g/mol. The van der Waals surface area contributed by atoms with E-state index in [-0.39, 0.29) is 6.61 Å². The number of aryl methyl sites for hydroxylation is 1. The summed E-state index contributed by atoms with van der Waals surface area (Å²) in [6.45, 7) is 1.23. The van der Waals surface area contributed by atoms with Crippen molar-refractivity contribution in [2.75, 3.05) is 6.61 Å². The molecule has 2 unspecified atom stereocenters. The number of aliphatic hydroxyl groups is 2. The molecule has 1 aromatic heterocycles. The summed E-state index contributed by atoms with van der Waals surface area (Å²) in [4.78, 5) is 24.6. The van der Waals surface area contributed by atoms with Crippen LogP contribution in [0.25, 0.3) is 0 Å². The van der Waals surface area contributed by atoms with Gasteiger partial charge in [-0.15, -0.1) is 0 Å². The van der Waals surface area contributed by atoms with E-state index in [9.17, 15) is 14.7 Å². The van der Waals surface area contributed by atoms with E-state index in [1.165, 1.54) is 10.8 Å². The molecule has 8 heteroatoms. The predicted molar refractivity (Wildman–Crippen MR) is 62.6 cm³/mol. The molecule has 1 aromatic rings. The molecule has 1 saturated heterocycles. The molecule has 3 N–H and O–H groups in total. The molecule has 7 nitrogen and oxygen atoms in total. The van der Waals surface area contributed by atoms with E-state index in [1.807, 2.05) is 0 Å². The Morgan fingerprint density at radius 3 is 2.78 bits per heavy atom. The van der Waals surface area contributed by atoms with Crippen molar-refractivity contribution < 1.29 is 14.9 Å². The van der Waals surface area contributed by atoms with Gasteiger partial charge in [0, 0.05) is 0 Å². The number of rotatable bonds is 2. The normalized spacial score (nSPS) is 31.8. The van der Waals surface area contributed by atoms with Gasteiger partial charge in [-0.1, -0.05) is 0 Å². The molecule has 0 aliphatic carbocycles. The van der Waals surface area contributed by atoms with Gasteiger partial charge in [-0.05, 0) is 0 Å². The van der Waals surface area contributed by atoms with Gasteiger partial charge in [-0.2, -0.15) is 0 Å². The van der Waals surface area contributed by atoms with Crippen LogP contribution < -0.4 is 11.2 Å². The summed E-state index contributed by atoms with van der Waals surface area (Å²) < 4.78 is 6.61. The average molecular weight is 320 g/mol. The van der Waals surface area contributed by atoms with Crippen LogP contribution in [0.3, 0.4) is 0 Å². The number of H-pyrrole nitrogens is 1. The minimum atomic E-state index is -0.904. The van der Waals surface area contributed by atoms with Crippen LogP contribution in [0.4, 0.5) is 0 Å². The summed E-state index contributed by atoms with van der Waals surface area (Å²) in [6.07, 6.45) is -1.03. The molecule has 0 spiro atoms. The summed E-state index contributed by atoms with van der Waals surface area (Å²) in [5.74, 6) is 0. The van der Waals surface area contributed by atoms with Crippen LogP contribution in [-0.2, 0) is 4.74 Å². The van der Waals surface area contributed by atoms with Crippen LogP contribution in [0.15, 0.2) is 15.8 Å². The summed E-state index contributed by atoms with van der Waals surface area (Å²) in [7, 11) is 0. The van der Waals surface area contributed by atoms with Crippen molar-refractivity contribution in [1.82, 2.24) is 9.55 Å². The number of nitrogens with one attached hydrogen (secondary N) is 1. The zero-order valence-corrected chi connectivity index (χ0v) is 11.3. The van der Waals surface area contributed by atoms with Crippen molar-refractivity contribution in [2.24, 2.45) is 0 Å². The van der Waals surface area contributed by atoms with Gasteiger partial charge in [0.05, 0.1) is 0 Å². The molecule has 0 saturated carbocycles. The molecule has 0 amide bonds. The predicted octanol–water partition coefficient (Wildman–Crippen LogP) is -1.95. The van der Waals surface area contributed by atoms with Gasteiger partial charge in [-0.25, -0.2) is 0 Å². The topological polar surface area (TPSA) is 105 Å². The zero-order valence-electron chi connectivity index (χ0n) is 9.57. The van der Waals surface area contributed by atoms with Gasteiger partial charge in [-0.3, -0.25) is 0 Å². The van der Waals surface area contributed by atoms with E-state index >= 15 is 0 Å². The number of hydrogen-bond donors (Lipinski definition) is 3. The first-order valence-electron chi connectivity index (χ1n) is 5.38. The Morgan fingerprint density at radius 2 is 2.22 bits per heavy atom. The van der Waals surface area contributed by atoms with Gasteiger partial charge in [0.2, 0.25) is 0 Å². The molecule has 1 aliphatic heterocycles. The Balaban J connectivity index is 2.42. The standard InChI is InChI=1S/C10H13N2O5Se/c1-4-2-12(10(16)11-8(4)15)9-7(18)6(14)5(3-13)17-9/h2,5-7,9,13-14H,3H2,1H3,(H,11,15,16)/t5?,6-,7?,9+/m0/s1. The van der Waals surface area contributed by atoms with E-state index in [1.54, 1.807) is 6.92 Å². The maximum absolute atomic E-state index is 11.7. The number of aliphatic hydroxyl groups excluding tert-OH is 2. The number of aromatic nitrogens is 2. The molecule has 2 rings (SSSR count). The van der Waals surface area contributed by atoms with Crippen molar-refractivity contribution in [1.29, 1.82) is 0 Å². The second-order valence-electron chi connectivity index (χ2n) is 4.18. The van der Waals surface area contributed by atoms with E-state index in [0.29, 0.717) is 5.56 Å². The third kappa shape index (κ3) is 2.17. The van der Waals surface area contributed by atoms with Crippen LogP contribution in [0.2, 0.25) is 4.82 Å². The molecule has 1 fully saturated rings. The molecular formula is C10H13N2O5Se. The van der Waals surface area contributed by atoms with Crippen molar-refractivity contribution in [3.8, 4) is 0 Å². The quantitative estimate of drug-likeness (QED) is 0.550. The Hall–Kier alpha value is -0.921. The van der Waals surface area contributed by atoms with Crippen molar-refractivity contribution in [3.05, 3.63) is 32.6 Å². The van der Waals surface area contributed by atoms with Crippen LogP contribution >= 0.6 is 0 Å². The molecule has 0 aromatic carbocycles. The molecule has 4 atom stereocenters. The third-order valence-corrected chi connectivity index (χ3v) is 3.99. The Bertz CT molecular complexity index is 554. The first-order valence-corrected chi connectivity index (χ1v) is 6.37. The molecule has 1 aliphatic rings. The summed E-state index contributed by atoms with van der Waals surface area (Å²) >= 11 is 2.73. The summed E-state index contributed by atoms with van der Waals surface area (Å²) in [6, 6.07) is 0. The number of nitrogens with zero attached hydrogens (tertiary/aromatic N) is 1. The SMILES string of the molecule is Cc1cn([C@@H]2OC(CO)[C@H](O)C2[Se])c(=O)[nH]c1=O. The number of ether oxygens (including phenoxy) is 1. The Kier molecular flexibility index (Phi) is 3.74. The molecule has 0 bridgehead atoms. The van der Waals surface area contributed by atoms with Crippen LogP contribution in [0, 0.1) is 6.92 Å². The number of aromatic amines is 1. The number of hydrogen-bond acceptors (Lipinski definition) is 5. The molecule has 99 valence electrons. The van der Waals surface area contributed by atoms with E-state index in [2.05, 4.69) is 21.0 Å². The Morgan fingerprint density at radius 1 is 1.56 bits per heavy atom. The van der Waals surface area contributed by atoms with E-state index < -0.39 is 34.5 Å². The second-order valence-corrected chi connectivity index (χ2v) is 5.32. The van der Waals surface area contributed by atoms with Crippen molar-refractivity contribution >= 4 is 16.0 Å². The van der Waals surface area contributed by atoms with Gasteiger partial charge < -0.3 is 0 Å². The van der Waals surface area contributed by atoms with Crippen LogP contribution in [0.5, 0.6) is 0 Å². The molecule has 2 heterocycles. The van der Waals surface area contributed by atoms with Gasteiger partial charge >= 0.3 is 110 Å². The second kappa shape index (κ2) is 4.99. The monoisotopic (exact) mass is 321 g/mol. The first kappa shape index (κ1) is 13.5. The van der Waals surface area contributed by atoms with E-state index in [0.717, 1.165) is 0 Å². The maximum atomic E-state index is 11.7. The zero-order chi connectivity index (χ0) is 13.4. The fourth-order valence-corrected chi connectivity index (χ4v) is 2.64. The Labute approximate surface area is 110 Å². The fraction of sp³-hybridized carbons (Fsp3) is 0.600. The first-order chi connectivity index (χ1) is 8.45. The minimum absolute atomic E-state index is 0.340. The van der Waals surface area contributed by atoms with Crippen molar-refractivity contribution in [2.45, 2.75) is 30.2 Å². The average Bonchev–Trinajstić information content (AvgIpc) is 2.61. The molecule has 18 heavy (non-hydrogen) atoms. The third-order valence-electron chi connectivity index (χ3n) is 2.91. The van der Waals surface area contributed by atoms with E-state index in [4.69, 9.17) is 9.84 Å². The van der Waals surface area contributed by atoms with Gasteiger partial charge in [0.15, 0.2) is 0 Å². The van der Waals surface area contributed by atoms with Gasteiger partial charge in [0.1, 0.15) is 0 Å². The fourth-order valence-electron chi connectivity index (χ4n) is 1.87. The van der Waals surface area contributed by atoms with Gasteiger partial charge in [0.25, 0.3) is 0 Å². The van der Waals surface area contributed by atoms with Crippen molar-refractivity contribution in [3.63, 3.8) is 0 Å². The summed E-state index contributed by atoms with van der Waals surface area (Å²) in [5, 5.41) is 18.8. The summed E-state index contributed by atoms with van der Waals surface area (Å²) in [5.41, 5.74) is -0.695. The molecule has 1 radical (unpaired) electrons.